The van der Waals surface area contributed by atoms with Crippen LogP contribution < -0.4 is 32.6 Å². The highest BCUT2D eigenvalue weighted by Gasteiger charge is 2.24. The van der Waals surface area contributed by atoms with Gasteiger partial charge in [0.15, 0.2) is 11.2 Å². The Hall–Kier alpha value is -7.50. The molecule has 4 aromatic rings. The zero-order valence-electron chi connectivity index (χ0n) is 49.5. The molecule has 1 aliphatic rings. The van der Waals surface area contributed by atoms with Crippen LogP contribution in [-0.4, -0.2) is 251 Å². The molecule has 1 aromatic carbocycles. The lowest BCUT2D eigenvalue weighted by Crippen LogP contribution is -2.41. The first-order chi connectivity index (χ1) is 42.9. The average Bonchev–Trinajstić information content (AvgIpc) is 3.88. The number of carbonyl (C=O) groups excluding carboxylic acids is 5. The number of aryl methyl sites for hydroxylation is 1. The van der Waals surface area contributed by atoms with Crippen molar-refractivity contribution in [3.8, 4) is 0 Å². The summed E-state index contributed by atoms with van der Waals surface area (Å²) in [5.41, 5.74) is 7.36. The maximum atomic E-state index is 12.9. The van der Waals surface area contributed by atoms with Crippen molar-refractivity contribution in [2.24, 2.45) is 0 Å². The van der Waals surface area contributed by atoms with Crippen LogP contribution in [0.3, 0.4) is 0 Å². The van der Waals surface area contributed by atoms with Gasteiger partial charge in [-0.05, 0) is 49.9 Å². The second kappa shape index (κ2) is 44.0. The lowest BCUT2D eigenvalue weighted by atomic mass is 10.1. The highest BCUT2D eigenvalue weighted by molar-refractivity contribution is 6.13. The number of carbonyl (C=O) groups is 6. The van der Waals surface area contributed by atoms with Crippen LogP contribution in [0.2, 0.25) is 0 Å². The molecule has 5 rings (SSSR count). The summed E-state index contributed by atoms with van der Waals surface area (Å²) in [5, 5.41) is 29.2. The first kappa shape index (κ1) is 71.3. The number of H-pyrrole nitrogens is 1. The normalized spacial score (nSPS) is 12.5. The summed E-state index contributed by atoms with van der Waals surface area (Å²) in [6.45, 7) is 10.9. The molecule has 0 saturated heterocycles. The van der Waals surface area contributed by atoms with Gasteiger partial charge in [-0.1, -0.05) is 5.21 Å². The SMILES string of the molecule is Nc1nc2ncc(CNc3ccc(C(=O)N[C@@H](CCC(=O)NCCCCc4cn(CCOCCOCCOCCOCCOCCOCCOCCOCCOCCOCCOCCNC(=O)CCN5C(=O)C=CC5=O)nn4)C(=O)O)cc3)nc2c(=O)[nH]1. The van der Waals surface area contributed by atoms with Gasteiger partial charge in [-0.25, -0.2) is 19.4 Å². The van der Waals surface area contributed by atoms with Gasteiger partial charge in [0, 0.05) is 62.1 Å². The van der Waals surface area contributed by atoms with Crippen molar-refractivity contribution in [3.05, 3.63) is 76.1 Å². The molecule has 88 heavy (non-hydrogen) atoms. The molecule has 3 aromatic heterocycles. The zero-order chi connectivity index (χ0) is 62.7. The van der Waals surface area contributed by atoms with E-state index in [4.69, 9.17) is 57.8 Å². The van der Waals surface area contributed by atoms with E-state index in [0.29, 0.717) is 189 Å². The minimum Gasteiger partial charge on any atom is -0.480 e. The van der Waals surface area contributed by atoms with Gasteiger partial charge < -0.3 is 84.2 Å². The van der Waals surface area contributed by atoms with E-state index in [-0.39, 0.29) is 66.8 Å². The van der Waals surface area contributed by atoms with Crippen molar-refractivity contribution in [1.82, 2.24) is 55.8 Å². The molecule has 1 atom stereocenters. The summed E-state index contributed by atoms with van der Waals surface area (Å²) in [5.74, 6) is -3.33. The molecular weight excluding hydrogens is 1160 g/mol. The summed E-state index contributed by atoms with van der Waals surface area (Å²) in [7, 11) is 0. The molecule has 0 bridgehead atoms. The Balaban J connectivity index is 0.699. The van der Waals surface area contributed by atoms with Gasteiger partial charge in [-0.15, -0.1) is 5.10 Å². The standard InChI is InChI=1S/C56H83N13O19/c57-56-64-52-51(54(75)65-56)62-45(40-61-52)39-60-43-6-4-42(5-7-43)53(74)63-46(55(76)77)8-9-47(70)58-13-2-1-3-44-41-68(67-66-44)16-18-79-20-22-81-24-26-83-28-30-85-32-34-87-36-38-88-37-35-86-33-31-84-29-27-82-25-23-80-21-19-78-17-14-59-48(71)12-15-69-49(72)10-11-50(69)73/h4-7,10-11,40-41,46,60H,1-3,8-9,12-39H2,(H,58,70)(H,59,71)(H,63,74)(H,76,77)(H3,57,61,64,65,75)/t46-/m0/s1. The highest BCUT2D eigenvalue weighted by atomic mass is 16.6. The monoisotopic (exact) mass is 1240 g/mol. The van der Waals surface area contributed by atoms with E-state index in [1.165, 1.54) is 30.5 Å². The number of nitrogens with two attached hydrogens (primary N) is 1. The second-order valence-electron chi connectivity index (χ2n) is 19.1. The molecule has 32 nitrogen and oxygen atoms in total. The number of nitrogen functional groups attached to an aromatic ring is 1. The van der Waals surface area contributed by atoms with Crippen molar-refractivity contribution in [2.75, 3.05) is 176 Å². The van der Waals surface area contributed by atoms with Gasteiger partial charge in [-0.2, -0.15) is 4.98 Å². The van der Waals surface area contributed by atoms with E-state index >= 15 is 0 Å². The van der Waals surface area contributed by atoms with E-state index < -0.39 is 35.3 Å². The van der Waals surface area contributed by atoms with Crippen molar-refractivity contribution in [1.29, 1.82) is 0 Å². The van der Waals surface area contributed by atoms with Crippen molar-refractivity contribution in [3.63, 3.8) is 0 Å². The fraction of sp³-hybridized carbons (Fsp3) is 0.607. The van der Waals surface area contributed by atoms with Crippen molar-refractivity contribution >= 4 is 58.3 Å². The molecule has 0 fully saturated rings. The Morgan fingerprint density at radius 3 is 1.62 bits per heavy atom. The predicted octanol–water partition coefficient (Wildman–Crippen LogP) is -0.785. The lowest BCUT2D eigenvalue weighted by Gasteiger charge is -2.15. The number of hydrogen-bond acceptors (Lipinski definition) is 25. The van der Waals surface area contributed by atoms with Crippen molar-refractivity contribution in [2.45, 2.75) is 57.7 Å². The van der Waals surface area contributed by atoms with Gasteiger partial charge in [0.25, 0.3) is 23.3 Å². The lowest BCUT2D eigenvalue weighted by molar-refractivity contribution is -0.140. The molecule has 0 unspecified atom stereocenters. The number of aliphatic carboxylic acids is 1. The molecule has 4 heterocycles. The summed E-state index contributed by atoms with van der Waals surface area (Å²) >= 11 is 0. The van der Waals surface area contributed by atoms with Crippen LogP contribution in [0.4, 0.5) is 11.6 Å². The third-order valence-corrected chi connectivity index (χ3v) is 12.4. The number of nitrogens with one attached hydrogen (secondary N) is 5. The van der Waals surface area contributed by atoms with Crippen LogP contribution in [0, 0.1) is 0 Å². The number of imide groups is 1. The van der Waals surface area contributed by atoms with Gasteiger partial charge in [0.2, 0.25) is 17.8 Å². The first-order valence-electron chi connectivity index (χ1n) is 29.1. The third-order valence-electron chi connectivity index (χ3n) is 12.4. The number of fused-ring (bicyclic) bond motifs is 1. The van der Waals surface area contributed by atoms with E-state index in [1.807, 2.05) is 6.20 Å². The summed E-state index contributed by atoms with van der Waals surface area (Å²) in [6, 6.07) is 5.05. The smallest absolute Gasteiger partial charge is 0.326 e. The van der Waals surface area contributed by atoms with Crippen LogP contribution in [0.1, 0.15) is 53.8 Å². The van der Waals surface area contributed by atoms with Gasteiger partial charge in [0.05, 0.1) is 176 Å². The van der Waals surface area contributed by atoms with Crippen LogP contribution >= 0.6 is 0 Å². The molecule has 5 amide bonds. The number of anilines is 2. The highest BCUT2D eigenvalue weighted by Crippen LogP contribution is 2.13. The molecule has 486 valence electrons. The number of ether oxygens (including phenoxy) is 11. The fourth-order valence-electron chi connectivity index (χ4n) is 7.75. The number of carboxylic acid groups (broad SMARTS) is 1. The summed E-state index contributed by atoms with van der Waals surface area (Å²) < 4.78 is 62.3. The topological polar surface area (TPSA) is 404 Å². The number of aromatic amines is 1. The summed E-state index contributed by atoms with van der Waals surface area (Å²) in [6.07, 6.45) is 7.63. The van der Waals surface area contributed by atoms with E-state index in [2.05, 4.69) is 51.5 Å². The van der Waals surface area contributed by atoms with E-state index in [9.17, 15) is 38.7 Å². The number of amides is 5. The zero-order valence-corrected chi connectivity index (χ0v) is 49.5. The Morgan fingerprint density at radius 2 is 1.09 bits per heavy atom. The third kappa shape index (κ3) is 30.9. The van der Waals surface area contributed by atoms with Gasteiger partial charge in [0.1, 0.15) is 6.04 Å². The maximum absolute atomic E-state index is 12.9. The number of rotatable bonds is 53. The number of carboxylic acids is 1. The molecule has 1 aliphatic heterocycles. The van der Waals surface area contributed by atoms with E-state index in [0.717, 1.165) is 17.0 Å². The molecule has 8 N–H and O–H groups in total. The van der Waals surface area contributed by atoms with E-state index in [1.54, 1.807) is 16.8 Å². The minimum atomic E-state index is -1.27. The molecule has 0 radical (unpaired) electrons. The molecule has 0 aliphatic carbocycles. The van der Waals surface area contributed by atoms with Gasteiger partial charge >= 0.3 is 5.97 Å². The van der Waals surface area contributed by atoms with Gasteiger partial charge in [-0.3, -0.25) is 38.7 Å². The number of unbranched alkanes of at least 4 members (excludes halogenated alkanes) is 1. The number of nitrogens with zero attached hydrogens (tertiary/aromatic N) is 7. The Kier molecular flexibility index (Phi) is 35.6. The van der Waals surface area contributed by atoms with Crippen LogP contribution in [0.25, 0.3) is 11.2 Å². The number of benzene rings is 1. The largest absolute Gasteiger partial charge is 0.480 e. The van der Waals surface area contributed by atoms with Crippen LogP contribution in [0.5, 0.6) is 0 Å². The van der Waals surface area contributed by atoms with Crippen LogP contribution in [0.15, 0.2) is 53.6 Å². The Labute approximate surface area is 508 Å². The first-order valence-corrected chi connectivity index (χ1v) is 29.1. The minimum absolute atomic E-state index is 0.0377. The molecule has 32 heteroatoms. The molecule has 0 spiro atoms. The molecular formula is C56H83N13O19. The quantitative estimate of drug-likeness (QED) is 0.0210. The predicted molar refractivity (Wildman–Crippen MR) is 313 cm³/mol. The Bertz CT molecular complexity index is 2750. The Morgan fingerprint density at radius 1 is 0.591 bits per heavy atom. The van der Waals surface area contributed by atoms with Crippen molar-refractivity contribution < 1.29 is 86.0 Å². The van der Waals surface area contributed by atoms with Crippen LogP contribution in [-0.2, 0) is 95.6 Å². The summed E-state index contributed by atoms with van der Waals surface area (Å²) in [4.78, 5) is 100. The number of aromatic nitrogens is 7. The maximum Gasteiger partial charge on any atom is 0.326 e. The second-order valence-corrected chi connectivity index (χ2v) is 19.1. The number of hydrogen-bond donors (Lipinski definition) is 7. The average molecular weight is 1240 g/mol. The molecule has 0 saturated carbocycles. The fourth-order valence-corrected chi connectivity index (χ4v) is 7.75.